The number of rotatable bonds is 4. The van der Waals surface area contributed by atoms with Gasteiger partial charge in [0.25, 0.3) is 0 Å². The Kier molecular flexibility index (Phi) is 4.35. The molecule has 0 aliphatic carbocycles. The maximum Gasteiger partial charge on any atom is 0.338 e. The summed E-state index contributed by atoms with van der Waals surface area (Å²) in [7, 11) is 0. The van der Waals surface area contributed by atoms with E-state index in [0.29, 0.717) is 15.6 Å². The molecule has 0 saturated carbocycles. The second-order valence-electron chi connectivity index (χ2n) is 4.82. The third-order valence-corrected chi connectivity index (χ3v) is 4.21. The monoisotopic (exact) mass is 336 g/mol. The van der Waals surface area contributed by atoms with E-state index in [1.165, 1.54) is 0 Å². The van der Waals surface area contributed by atoms with Crippen LogP contribution < -0.4 is 5.01 Å². The summed E-state index contributed by atoms with van der Waals surface area (Å²) in [6.07, 6.45) is 0.965. The number of hydrogen-bond acceptors (Lipinski definition) is 7. The molecule has 1 aliphatic heterocycles. The van der Waals surface area contributed by atoms with Gasteiger partial charge in [-0.25, -0.2) is 4.79 Å². The summed E-state index contributed by atoms with van der Waals surface area (Å²) in [6.45, 7) is 2.89. The molecule has 1 aliphatic rings. The Labute approximate surface area is 136 Å². The quantitative estimate of drug-likeness (QED) is 0.802. The van der Waals surface area contributed by atoms with E-state index in [-0.39, 0.29) is 6.61 Å². The van der Waals surface area contributed by atoms with E-state index in [1.807, 2.05) is 24.1 Å². The van der Waals surface area contributed by atoms with Gasteiger partial charge in [-0.2, -0.15) is 5.10 Å². The molecule has 0 saturated heterocycles. The number of ether oxygens (including phenoxy) is 1. The van der Waals surface area contributed by atoms with Gasteiger partial charge in [0.05, 0.1) is 11.3 Å². The molecule has 0 unspecified atom stereocenters. The molecule has 2 heterocycles. The average molecular weight is 337 g/mol. The van der Waals surface area contributed by atoms with Crippen LogP contribution in [-0.4, -0.2) is 27.8 Å². The Morgan fingerprint density at radius 3 is 2.77 bits per heavy atom. The smallest absolute Gasteiger partial charge is 0.338 e. The molecule has 0 N–H and O–H groups in total. The van der Waals surface area contributed by atoms with Crippen LogP contribution in [0.1, 0.15) is 29.4 Å². The van der Waals surface area contributed by atoms with E-state index in [4.69, 9.17) is 16.3 Å². The summed E-state index contributed by atoms with van der Waals surface area (Å²) in [5.74, 6) is -0.420. The maximum absolute atomic E-state index is 12.0. The van der Waals surface area contributed by atoms with Crippen molar-refractivity contribution in [2.45, 2.75) is 20.0 Å². The summed E-state index contributed by atoms with van der Waals surface area (Å²) in [4.78, 5) is 12.0. The first-order chi connectivity index (χ1) is 10.6. The Balaban J connectivity index is 1.62. The second kappa shape index (κ2) is 6.41. The molecule has 1 aromatic heterocycles. The van der Waals surface area contributed by atoms with Gasteiger partial charge in [0.15, 0.2) is 0 Å². The van der Waals surface area contributed by atoms with Crippen molar-refractivity contribution in [2.24, 2.45) is 5.10 Å². The second-order valence-corrected chi connectivity index (χ2v) is 6.18. The fourth-order valence-electron chi connectivity index (χ4n) is 2.03. The first kappa shape index (κ1) is 14.9. The fraction of sp³-hybridized carbons (Fsp3) is 0.286. The molecule has 8 heteroatoms. The maximum atomic E-state index is 12.0. The predicted octanol–water partition coefficient (Wildman–Crippen LogP) is 3.13. The number of esters is 1. The highest BCUT2D eigenvalue weighted by Gasteiger charge is 2.15. The Morgan fingerprint density at radius 1 is 1.41 bits per heavy atom. The molecule has 0 atom stereocenters. The Bertz CT molecular complexity index is 714. The summed E-state index contributed by atoms with van der Waals surface area (Å²) < 4.78 is 9.30. The Hall–Kier alpha value is -1.99. The van der Waals surface area contributed by atoms with E-state index in [0.717, 1.165) is 35.9 Å². The number of carbonyl (C=O) groups is 1. The summed E-state index contributed by atoms with van der Waals surface area (Å²) in [5, 5.41) is 10.1. The minimum absolute atomic E-state index is 0.0194. The predicted molar refractivity (Wildman–Crippen MR) is 85.6 cm³/mol. The zero-order valence-corrected chi connectivity index (χ0v) is 13.4. The van der Waals surface area contributed by atoms with E-state index in [2.05, 4.69) is 14.7 Å². The molecular weight excluding hydrogens is 324 g/mol. The topological polar surface area (TPSA) is 67.7 Å². The van der Waals surface area contributed by atoms with Crippen LogP contribution in [0.2, 0.25) is 4.34 Å². The normalized spacial score (nSPS) is 14.1. The van der Waals surface area contributed by atoms with Crippen molar-refractivity contribution in [1.29, 1.82) is 0 Å². The van der Waals surface area contributed by atoms with Crippen molar-refractivity contribution in [3.05, 3.63) is 39.9 Å². The fourth-order valence-corrected chi connectivity index (χ4v) is 2.63. The van der Waals surface area contributed by atoms with Gasteiger partial charge in [0.1, 0.15) is 16.6 Å². The van der Waals surface area contributed by atoms with Crippen LogP contribution >= 0.6 is 23.1 Å². The lowest BCUT2D eigenvalue weighted by atomic mass is 10.2. The van der Waals surface area contributed by atoms with Gasteiger partial charge in [-0.05, 0) is 31.2 Å². The first-order valence-electron chi connectivity index (χ1n) is 6.69. The van der Waals surface area contributed by atoms with E-state index >= 15 is 0 Å². The van der Waals surface area contributed by atoms with Crippen molar-refractivity contribution in [1.82, 2.24) is 9.59 Å². The highest BCUT2D eigenvalue weighted by Crippen LogP contribution is 2.21. The number of halogens is 1. The minimum Gasteiger partial charge on any atom is -0.455 e. The number of hydrogen-bond donors (Lipinski definition) is 0. The first-order valence-corrected chi connectivity index (χ1v) is 7.84. The molecule has 0 amide bonds. The van der Waals surface area contributed by atoms with Crippen molar-refractivity contribution < 1.29 is 9.53 Å². The van der Waals surface area contributed by atoms with Gasteiger partial charge in [-0.1, -0.05) is 16.1 Å². The van der Waals surface area contributed by atoms with Crippen molar-refractivity contribution >= 4 is 40.5 Å². The molecule has 6 nitrogen and oxygen atoms in total. The van der Waals surface area contributed by atoms with Crippen LogP contribution in [0.5, 0.6) is 0 Å². The van der Waals surface area contributed by atoms with Gasteiger partial charge in [-0.3, -0.25) is 5.01 Å². The number of anilines is 1. The van der Waals surface area contributed by atoms with Crippen LogP contribution in [0.3, 0.4) is 0 Å². The van der Waals surface area contributed by atoms with Gasteiger partial charge in [-0.15, -0.1) is 5.10 Å². The van der Waals surface area contributed by atoms with Crippen LogP contribution in [-0.2, 0) is 11.3 Å². The molecular formula is C14H13ClN4O2S. The number of nitrogens with zero attached hydrogens (tertiary/aromatic N) is 4. The summed E-state index contributed by atoms with van der Waals surface area (Å²) in [5.41, 5.74) is 3.01. The van der Waals surface area contributed by atoms with Crippen molar-refractivity contribution in [2.75, 3.05) is 11.6 Å². The largest absolute Gasteiger partial charge is 0.455 e. The zero-order chi connectivity index (χ0) is 15.5. The number of benzene rings is 1. The van der Waals surface area contributed by atoms with Gasteiger partial charge in [0.2, 0.25) is 0 Å². The Morgan fingerprint density at radius 2 is 2.18 bits per heavy atom. The zero-order valence-electron chi connectivity index (χ0n) is 11.8. The molecule has 1 aromatic carbocycles. The van der Waals surface area contributed by atoms with E-state index in [9.17, 15) is 4.79 Å². The van der Waals surface area contributed by atoms with Crippen molar-refractivity contribution in [3.63, 3.8) is 0 Å². The molecule has 114 valence electrons. The van der Waals surface area contributed by atoms with Gasteiger partial charge < -0.3 is 4.74 Å². The van der Waals surface area contributed by atoms with Gasteiger partial charge >= 0.3 is 5.97 Å². The average Bonchev–Trinajstić information content (AvgIpc) is 3.13. The molecule has 22 heavy (non-hydrogen) atoms. The van der Waals surface area contributed by atoms with Crippen LogP contribution in [0, 0.1) is 0 Å². The molecule has 2 aromatic rings. The lowest BCUT2D eigenvalue weighted by Gasteiger charge is -2.13. The number of hydrazone groups is 1. The number of carbonyl (C=O) groups excluding carboxylic acids is 1. The SMILES string of the molecule is CC1=NN(c2ccc(C(=O)OCc3nnsc3Cl)cc2)CC1. The van der Waals surface area contributed by atoms with Crippen LogP contribution in [0.25, 0.3) is 0 Å². The molecule has 3 rings (SSSR count). The molecule has 0 bridgehead atoms. The highest BCUT2D eigenvalue weighted by atomic mass is 35.5. The third kappa shape index (κ3) is 3.26. The molecule has 0 spiro atoms. The lowest BCUT2D eigenvalue weighted by Crippen LogP contribution is -2.12. The summed E-state index contributed by atoms with van der Waals surface area (Å²) in [6, 6.07) is 7.16. The van der Waals surface area contributed by atoms with E-state index < -0.39 is 5.97 Å². The number of aromatic nitrogens is 2. The standard InChI is InChI=1S/C14H13ClN4O2S/c1-9-6-7-19(17-9)11-4-2-10(3-5-11)14(20)21-8-12-13(15)22-18-16-12/h2-5H,6-8H2,1H3. The van der Waals surface area contributed by atoms with Crippen LogP contribution in [0.4, 0.5) is 5.69 Å². The lowest BCUT2D eigenvalue weighted by molar-refractivity contribution is 0.0468. The van der Waals surface area contributed by atoms with Crippen LogP contribution in [0.15, 0.2) is 29.4 Å². The van der Waals surface area contributed by atoms with E-state index in [1.54, 1.807) is 12.1 Å². The summed E-state index contributed by atoms with van der Waals surface area (Å²) >= 11 is 6.92. The molecule has 0 radical (unpaired) electrons. The van der Waals surface area contributed by atoms with Gasteiger partial charge in [0, 0.05) is 30.2 Å². The molecule has 0 fully saturated rings. The highest BCUT2D eigenvalue weighted by molar-refractivity contribution is 7.10. The minimum atomic E-state index is -0.420. The van der Waals surface area contributed by atoms with Crippen molar-refractivity contribution in [3.8, 4) is 0 Å². The third-order valence-electron chi connectivity index (χ3n) is 3.23.